The zero-order valence-corrected chi connectivity index (χ0v) is 16.9. The van der Waals surface area contributed by atoms with E-state index in [1.165, 1.54) is 26.0 Å². The van der Waals surface area contributed by atoms with E-state index in [1.54, 1.807) is 18.3 Å². The number of benzene rings is 1. The van der Waals surface area contributed by atoms with Crippen LogP contribution in [0.1, 0.15) is 36.5 Å². The Morgan fingerprint density at radius 3 is 2.61 bits per heavy atom. The fourth-order valence-corrected chi connectivity index (χ4v) is 3.76. The van der Waals surface area contributed by atoms with E-state index >= 15 is 0 Å². The lowest BCUT2D eigenvalue weighted by molar-refractivity contribution is 0.560. The molecule has 0 spiro atoms. The predicted molar refractivity (Wildman–Crippen MR) is 105 cm³/mol. The number of H-pyrrole nitrogens is 1. The van der Waals surface area contributed by atoms with Crippen LogP contribution >= 0.6 is 0 Å². The number of aromatic amines is 1. The lowest BCUT2D eigenvalue weighted by Crippen LogP contribution is -2.16. The largest absolute Gasteiger partial charge is 0.323 e. The van der Waals surface area contributed by atoms with Crippen molar-refractivity contribution in [3.8, 4) is 0 Å². The molecule has 2 heterocycles. The zero-order valence-electron chi connectivity index (χ0n) is 16.1. The summed E-state index contributed by atoms with van der Waals surface area (Å²) >= 11 is 0. The summed E-state index contributed by atoms with van der Waals surface area (Å²) in [5.41, 5.74) is 2.56. The van der Waals surface area contributed by atoms with Crippen molar-refractivity contribution in [1.82, 2.24) is 20.2 Å². The van der Waals surface area contributed by atoms with Crippen LogP contribution in [0.15, 0.2) is 35.4 Å². The third kappa shape index (κ3) is 4.04. The van der Waals surface area contributed by atoms with Gasteiger partial charge in [-0.2, -0.15) is 5.10 Å². The summed E-state index contributed by atoms with van der Waals surface area (Å²) in [6.45, 7) is 6.92. The Bertz CT molecular complexity index is 1110. The van der Waals surface area contributed by atoms with Crippen LogP contribution in [0.2, 0.25) is 0 Å². The fourth-order valence-electron chi connectivity index (χ4n) is 2.59. The molecule has 148 valence electrons. The number of anilines is 2. The Morgan fingerprint density at radius 1 is 1.21 bits per heavy atom. The second kappa shape index (κ2) is 7.67. The van der Waals surface area contributed by atoms with Gasteiger partial charge >= 0.3 is 0 Å². The van der Waals surface area contributed by atoms with Crippen molar-refractivity contribution >= 4 is 21.5 Å². The molecule has 28 heavy (non-hydrogen) atoms. The van der Waals surface area contributed by atoms with Crippen LogP contribution in [0.4, 0.5) is 16.0 Å². The quantitative estimate of drug-likeness (QED) is 0.654. The van der Waals surface area contributed by atoms with Crippen LogP contribution in [0, 0.1) is 19.7 Å². The molecule has 0 atom stereocenters. The molecule has 0 aliphatic carbocycles. The molecule has 0 saturated carbocycles. The number of hydrogen-bond acceptors (Lipinski definition) is 6. The van der Waals surface area contributed by atoms with Crippen LogP contribution in [0.3, 0.4) is 0 Å². The third-order valence-electron chi connectivity index (χ3n) is 4.49. The zero-order chi connectivity index (χ0) is 20.5. The van der Waals surface area contributed by atoms with Crippen molar-refractivity contribution in [3.05, 3.63) is 58.9 Å². The third-order valence-corrected chi connectivity index (χ3v) is 6.66. The minimum atomic E-state index is -3.71. The molecule has 2 N–H and O–H groups in total. The normalized spacial score (nSPS) is 11.8. The van der Waals surface area contributed by atoms with Crippen molar-refractivity contribution in [2.45, 2.75) is 44.3 Å². The minimum absolute atomic E-state index is 0.273. The van der Waals surface area contributed by atoms with Crippen molar-refractivity contribution in [1.29, 1.82) is 0 Å². The molecule has 0 bridgehead atoms. The molecule has 2 aromatic heterocycles. The van der Waals surface area contributed by atoms with Crippen molar-refractivity contribution in [2.24, 2.45) is 0 Å². The molecular weight excluding hydrogens is 381 g/mol. The smallest absolute Gasteiger partial charge is 0.183 e. The lowest BCUT2D eigenvalue weighted by atomic mass is 10.1. The summed E-state index contributed by atoms with van der Waals surface area (Å²) in [5.74, 6) is 0.971. The van der Waals surface area contributed by atoms with E-state index in [4.69, 9.17) is 0 Å². The predicted octanol–water partition coefficient (Wildman–Crippen LogP) is 3.47. The highest BCUT2D eigenvalue weighted by Gasteiger charge is 2.23. The SMILES string of the molecule is Cc1[nH]nc(Nc2ccnc(Cc3ccc(F)c(S(=O)(=O)C(C)C)c3)n2)c1C. The van der Waals surface area contributed by atoms with E-state index in [-0.39, 0.29) is 11.3 Å². The Balaban J connectivity index is 1.86. The number of sulfone groups is 1. The van der Waals surface area contributed by atoms with Gasteiger partial charge in [0.25, 0.3) is 0 Å². The molecule has 0 saturated heterocycles. The minimum Gasteiger partial charge on any atom is -0.323 e. The maximum atomic E-state index is 14.1. The number of nitrogens with one attached hydrogen (secondary N) is 2. The van der Waals surface area contributed by atoms with Gasteiger partial charge in [0.2, 0.25) is 0 Å². The average Bonchev–Trinajstić information content (AvgIpc) is 2.95. The molecule has 1 aromatic carbocycles. The van der Waals surface area contributed by atoms with Gasteiger partial charge in [0, 0.05) is 23.9 Å². The number of rotatable bonds is 6. The van der Waals surface area contributed by atoms with Crippen molar-refractivity contribution < 1.29 is 12.8 Å². The Hall–Kier alpha value is -2.81. The molecule has 0 radical (unpaired) electrons. The molecule has 3 aromatic rings. The summed E-state index contributed by atoms with van der Waals surface area (Å²) in [6.07, 6.45) is 1.88. The highest BCUT2D eigenvalue weighted by atomic mass is 32.2. The summed E-state index contributed by atoms with van der Waals surface area (Å²) in [5, 5.41) is 9.50. The maximum absolute atomic E-state index is 14.1. The average molecular weight is 403 g/mol. The van der Waals surface area contributed by atoms with Crippen LogP contribution in [-0.4, -0.2) is 33.8 Å². The van der Waals surface area contributed by atoms with E-state index in [1.807, 2.05) is 13.8 Å². The molecule has 0 unspecified atom stereocenters. The van der Waals surface area contributed by atoms with Crippen LogP contribution in [0.5, 0.6) is 0 Å². The van der Waals surface area contributed by atoms with Crippen molar-refractivity contribution in [2.75, 3.05) is 5.32 Å². The highest BCUT2D eigenvalue weighted by molar-refractivity contribution is 7.92. The molecule has 0 amide bonds. The van der Waals surface area contributed by atoms with Gasteiger partial charge < -0.3 is 5.32 Å². The van der Waals surface area contributed by atoms with Crippen LogP contribution in [0.25, 0.3) is 0 Å². The molecule has 9 heteroatoms. The summed E-state index contributed by atoms with van der Waals surface area (Å²) < 4.78 is 38.8. The van der Waals surface area contributed by atoms with Gasteiger partial charge in [-0.05, 0) is 51.5 Å². The first kappa shape index (κ1) is 19.9. The van der Waals surface area contributed by atoms with Gasteiger partial charge in [-0.1, -0.05) is 6.07 Å². The number of hydrogen-bond donors (Lipinski definition) is 2. The number of aryl methyl sites for hydroxylation is 1. The van der Waals surface area contributed by atoms with Gasteiger partial charge in [0.05, 0.1) is 5.25 Å². The van der Waals surface area contributed by atoms with E-state index in [0.717, 1.165) is 11.3 Å². The highest BCUT2D eigenvalue weighted by Crippen LogP contribution is 2.23. The van der Waals surface area contributed by atoms with Gasteiger partial charge in [-0.25, -0.2) is 22.8 Å². The summed E-state index contributed by atoms with van der Waals surface area (Å²) in [4.78, 5) is 8.38. The molecule has 0 aliphatic rings. The summed E-state index contributed by atoms with van der Waals surface area (Å²) in [6, 6.07) is 5.78. The number of nitrogens with zero attached hydrogens (tertiary/aromatic N) is 3. The van der Waals surface area contributed by atoms with Crippen LogP contribution < -0.4 is 5.32 Å². The van der Waals surface area contributed by atoms with Gasteiger partial charge in [-0.3, -0.25) is 5.10 Å². The summed E-state index contributed by atoms with van der Waals surface area (Å²) in [7, 11) is -3.71. The van der Waals surface area contributed by atoms with E-state index < -0.39 is 20.9 Å². The lowest BCUT2D eigenvalue weighted by Gasteiger charge is -2.11. The Labute approximate surface area is 163 Å². The first-order valence-corrected chi connectivity index (χ1v) is 10.4. The Kier molecular flexibility index (Phi) is 5.46. The molecule has 3 rings (SSSR count). The van der Waals surface area contributed by atoms with Crippen LogP contribution in [-0.2, 0) is 16.3 Å². The molecule has 7 nitrogen and oxygen atoms in total. The topological polar surface area (TPSA) is 101 Å². The Morgan fingerprint density at radius 2 is 1.96 bits per heavy atom. The van der Waals surface area contributed by atoms with Gasteiger partial charge in [0.1, 0.15) is 22.4 Å². The molecule has 0 aliphatic heterocycles. The maximum Gasteiger partial charge on any atom is 0.183 e. The second-order valence-electron chi connectivity index (χ2n) is 6.84. The first-order valence-electron chi connectivity index (χ1n) is 8.81. The number of aromatic nitrogens is 4. The first-order chi connectivity index (χ1) is 13.2. The number of halogens is 1. The molecule has 0 fully saturated rings. The van der Waals surface area contributed by atoms with Gasteiger partial charge in [0.15, 0.2) is 15.7 Å². The van der Waals surface area contributed by atoms with Crippen molar-refractivity contribution in [3.63, 3.8) is 0 Å². The second-order valence-corrected chi connectivity index (χ2v) is 9.31. The fraction of sp³-hybridized carbons (Fsp3) is 0.316. The monoisotopic (exact) mass is 403 g/mol. The van der Waals surface area contributed by atoms with E-state index in [0.29, 0.717) is 23.0 Å². The molecular formula is C19H22FN5O2S. The van der Waals surface area contributed by atoms with Gasteiger partial charge in [-0.15, -0.1) is 0 Å². The van der Waals surface area contributed by atoms with E-state index in [9.17, 15) is 12.8 Å². The van der Waals surface area contributed by atoms with E-state index in [2.05, 4.69) is 25.5 Å². The standard InChI is InChI=1S/C19H22FN5O2S/c1-11(2)28(26,27)16-9-14(5-6-15(16)20)10-18-21-8-7-17(22-18)23-19-12(3)13(4)24-25-19/h5-9,11H,10H2,1-4H3,(H2,21,22,23,24,25).